The van der Waals surface area contributed by atoms with E-state index in [9.17, 15) is 9.59 Å². The molecular formula is C10H14N4O4. The fourth-order valence-electron chi connectivity index (χ4n) is 1.76. The third-order valence-corrected chi connectivity index (χ3v) is 2.80. The number of aliphatic hydroxyl groups is 1. The second-order valence-electron chi connectivity index (χ2n) is 4.06. The summed E-state index contributed by atoms with van der Waals surface area (Å²) in [5.74, 6) is -1.70. The van der Waals surface area contributed by atoms with Gasteiger partial charge in [0.15, 0.2) is 6.10 Å². The van der Waals surface area contributed by atoms with Crippen molar-refractivity contribution in [1.29, 1.82) is 0 Å². The molecule has 1 aromatic rings. The van der Waals surface area contributed by atoms with E-state index in [2.05, 4.69) is 20.6 Å². The number of imidazole rings is 1. The number of H-pyrrole nitrogens is 1. The van der Waals surface area contributed by atoms with Crippen molar-refractivity contribution in [1.82, 2.24) is 20.6 Å². The average molecular weight is 254 g/mol. The molecule has 0 aromatic carbocycles. The van der Waals surface area contributed by atoms with E-state index < -0.39 is 18.1 Å². The summed E-state index contributed by atoms with van der Waals surface area (Å²) in [5, 5.41) is 22.9. The molecule has 0 fully saturated rings. The third-order valence-electron chi connectivity index (χ3n) is 2.80. The van der Waals surface area contributed by atoms with Crippen LogP contribution in [0.25, 0.3) is 0 Å². The molecule has 8 nitrogen and oxygen atoms in total. The quantitative estimate of drug-likeness (QED) is 0.422. The van der Waals surface area contributed by atoms with Gasteiger partial charge in [0.25, 0.3) is 0 Å². The Morgan fingerprint density at radius 1 is 1.61 bits per heavy atom. The molecule has 2 rings (SSSR count). The van der Waals surface area contributed by atoms with Gasteiger partial charge in [0, 0.05) is 13.0 Å². The Morgan fingerprint density at radius 2 is 2.39 bits per heavy atom. The van der Waals surface area contributed by atoms with E-state index in [1.54, 1.807) is 6.33 Å². The lowest BCUT2D eigenvalue weighted by molar-refractivity contribution is -0.146. The Hall–Kier alpha value is -1.93. The maximum absolute atomic E-state index is 11.7. The number of fused-ring (bicyclic) bond motifs is 1. The number of carboxylic acid groups (broad SMARTS) is 1. The van der Waals surface area contributed by atoms with Gasteiger partial charge in [-0.3, -0.25) is 10.1 Å². The summed E-state index contributed by atoms with van der Waals surface area (Å²) < 4.78 is 0. The molecule has 0 saturated carbocycles. The van der Waals surface area contributed by atoms with E-state index in [0.29, 0.717) is 13.0 Å². The van der Waals surface area contributed by atoms with Crippen molar-refractivity contribution >= 4 is 11.9 Å². The standard InChI is InChI=1S/C10H14N4O4/c15-8(10(17)18)3-12-9(16)6-1-5-7(2-11-6)14-4-13-5/h4,6,8,11,15H,1-3H2,(H,12,16)(H,13,14)(H,17,18)/t6?,8-/m0/s1. The molecule has 0 bridgehead atoms. The first-order chi connectivity index (χ1) is 8.58. The van der Waals surface area contributed by atoms with Crippen LogP contribution in [0.3, 0.4) is 0 Å². The maximum atomic E-state index is 11.7. The van der Waals surface area contributed by atoms with Gasteiger partial charge in [-0.25, -0.2) is 9.78 Å². The predicted molar refractivity (Wildman–Crippen MR) is 59.6 cm³/mol. The van der Waals surface area contributed by atoms with Crippen molar-refractivity contribution in [3.8, 4) is 0 Å². The summed E-state index contributed by atoms with van der Waals surface area (Å²) in [6, 6.07) is -0.457. The van der Waals surface area contributed by atoms with Gasteiger partial charge in [-0.15, -0.1) is 0 Å². The highest BCUT2D eigenvalue weighted by atomic mass is 16.4. The highest BCUT2D eigenvalue weighted by Crippen LogP contribution is 2.11. The van der Waals surface area contributed by atoms with E-state index in [4.69, 9.17) is 10.2 Å². The van der Waals surface area contributed by atoms with Crippen LogP contribution in [0.2, 0.25) is 0 Å². The van der Waals surface area contributed by atoms with Crippen LogP contribution >= 0.6 is 0 Å². The number of rotatable bonds is 4. The van der Waals surface area contributed by atoms with Crippen LogP contribution in [-0.4, -0.2) is 50.7 Å². The first-order valence-electron chi connectivity index (χ1n) is 5.51. The largest absolute Gasteiger partial charge is 0.479 e. The first-order valence-corrected chi connectivity index (χ1v) is 5.51. The van der Waals surface area contributed by atoms with E-state index in [0.717, 1.165) is 11.4 Å². The average Bonchev–Trinajstić information content (AvgIpc) is 2.82. The number of aromatic amines is 1. The molecule has 1 unspecified atom stereocenters. The molecule has 0 spiro atoms. The summed E-state index contributed by atoms with van der Waals surface area (Å²) in [6.07, 6.45) is 0.424. The summed E-state index contributed by atoms with van der Waals surface area (Å²) >= 11 is 0. The Kier molecular flexibility index (Phi) is 3.58. The fourth-order valence-corrected chi connectivity index (χ4v) is 1.76. The number of carboxylic acids is 1. The molecule has 1 amide bonds. The number of nitrogens with zero attached hydrogens (tertiary/aromatic N) is 1. The molecule has 18 heavy (non-hydrogen) atoms. The summed E-state index contributed by atoms with van der Waals surface area (Å²) in [7, 11) is 0. The van der Waals surface area contributed by atoms with Crippen molar-refractivity contribution in [2.45, 2.75) is 25.1 Å². The number of carbonyl (C=O) groups excluding carboxylic acids is 1. The number of nitrogens with one attached hydrogen (secondary N) is 3. The molecule has 2 atom stereocenters. The fraction of sp³-hybridized carbons (Fsp3) is 0.500. The zero-order chi connectivity index (χ0) is 13.1. The lowest BCUT2D eigenvalue weighted by Crippen LogP contribution is -2.49. The zero-order valence-electron chi connectivity index (χ0n) is 9.51. The molecule has 1 aromatic heterocycles. The predicted octanol–water partition coefficient (Wildman–Crippen LogP) is -2.01. The minimum Gasteiger partial charge on any atom is -0.479 e. The van der Waals surface area contributed by atoms with Crippen LogP contribution in [0.15, 0.2) is 6.33 Å². The summed E-state index contributed by atoms with van der Waals surface area (Å²) in [6.45, 7) is 0.203. The third kappa shape index (κ3) is 2.66. The molecule has 5 N–H and O–H groups in total. The van der Waals surface area contributed by atoms with Crippen LogP contribution in [0.1, 0.15) is 11.4 Å². The van der Waals surface area contributed by atoms with Crippen LogP contribution in [0.5, 0.6) is 0 Å². The lowest BCUT2D eigenvalue weighted by atomic mass is 10.0. The van der Waals surface area contributed by atoms with Gasteiger partial charge in [-0.1, -0.05) is 0 Å². The van der Waals surface area contributed by atoms with E-state index in [1.165, 1.54) is 0 Å². The smallest absolute Gasteiger partial charge is 0.334 e. The Balaban J connectivity index is 1.86. The molecule has 1 aliphatic rings. The molecular weight excluding hydrogens is 240 g/mol. The van der Waals surface area contributed by atoms with Crippen molar-refractivity contribution in [3.05, 3.63) is 17.7 Å². The number of aromatic nitrogens is 2. The van der Waals surface area contributed by atoms with Gasteiger partial charge < -0.3 is 20.5 Å². The van der Waals surface area contributed by atoms with Gasteiger partial charge in [-0.05, 0) is 0 Å². The van der Waals surface area contributed by atoms with E-state index in [1.807, 2.05) is 0 Å². The van der Waals surface area contributed by atoms with Crippen molar-refractivity contribution in [3.63, 3.8) is 0 Å². The number of carbonyl (C=O) groups is 2. The minimum atomic E-state index is -1.58. The molecule has 98 valence electrons. The number of aliphatic carboxylic acids is 1. The first kappa shape index (κ1) is 12.5. The van der Waals surface area contributed by atoms with Crippen molar-refractivity contribution in [2.24, 2.45) is 0 Å². The summed E-state index contributed by atoms with van der Waals surface area (Å²) in [5.41, 5.74) is 1.78. The van der Waals surface area contributed by atoms with E-state index in [-0.39, 0.29) is 12.5 Å². The minimum absolute atomic E-state index is 0.306. The van der Waals surface area contributed by atoms with Gasteiger partial charge >= 0.3 is 5.97 Å². The highest BCUT2D eigenvalue weighted by molar-refractivity contribution is 5.83. The molecule has 1 aliphatic heterocycles. The molecule has 0 radical (unpaired) electrons. The number of hydrogen-bond acceptors (Lipinski definition) is 5. The van der Waals surface area contributed by atoms with Crippen molar-refractivity contribution < 1.29 is 19.8 Å². The Labute approximate surface area is 102 Å². The second kappa shape index (κ2) is 5.15. The van der Waals surface area contributed by atoms with Crippen LogP contribution in [0.4, 0.5) is 0 Å². The monoisotopic (exact) mass is 254 g/mol. The lowest BCUT2D eigenvalue weighted by Gasteiger charge is -2.22. The van der Waals surface area contributed by atoms with Gasteiger partial charge in [0.2, 0.25) is 5.91 Å². The summed E-state index contributed by atoms with van der Waals surface area (Å²) in [4.78, 5) is 29.2. The topological polar surface area (TPSA) is 127 Å². The van der Waals surface area contributed by atoms with E-state index >= 15 is 0 Å². The highest BCUT2D eigenvalue weighted by Gasteiger charge is 2.26. The molecule has 0 aliphatic carbocycles. The SMILES string of the molecule is O=C(NC[C@H](O)C(=O)O)C1Cc2nc[nH]c2CN1. The van der Waals surface area contributed by atoms with Crippen LogP contribution in [0, 0.1) is 0 Å². The van der Waals surface area contributed by atoms with Gasteiger partial charge in [0.05, 0.1) is 30.3 Å². The Morgan fingerprint density at radius 3 is 3.11 bits per heavy atom. The Bertz CT molecular complexity index is 458. The number of hydrogen-bond donors (Lipinski definition) is 5. The van der Waals surface area contributed by atoms with Gasteiger partial charge in [0.1, 0.15) is 0 Å². The molecule has 0 saturated heterocycles. The maximum Gasteiger partial charge on any atom is 0.334 e. The molecule has 8 heteroatoms. The zero-order valence-corrected chi connectivity index (χ0v) is 9.51. The van der Waals surface area contributed by atoms with Crippen LogP contribution in [-0.2, 0) is 22.6 Å². The van der Waals surface area contributed by atoms with Crippen molar-refractivity contribution in [2.75, 3.05) is 6.54 Å². The normalized spacial score (nSPS) is 19.9. The van der Waals surface area contributed by atoms with Gasteiger partial charge in [-0.2, -0.15) is 0 Å². The number of aliphatic hydroxyl groups excluding tert-OH is 1. The van der Waals surface area contributed by atoms with Crippen LogP contribution < -0.4 is 10.6 Å². The molecule has 2 heterocycles. The number of amides is 1. The second-order valence-corrected chi connectivity index (χ2v) is 4.06.